The second kappa shape index (κ2) is 6.36. The molecule has 0 saturated carbocycles. The molecule has 7 nitrogen and oxygen atoms in total. The molecular weight excluding hydrogens is 332 g/mol. The number of hydrogen-bond acceptors (Lipinski definition) is 4. The van der Waals surface area contributed by atoms with Crippen LogP contribution in [0.4, 0.5) is 5.69 Å². The number of carbonyl (C=O) groups is 1. The zero-order chi connectivity index (χ0) is 18.1. The fourth-order valence-electron chi connectivity index (χ4n) is 2.90. The van der Waals surface area contributed by atoms with Crippen LogP contribution < -0.4 is 11.1 Å². The Morgan fingerprint density at radius 3 is 2.85 bits per heavy atom. The van der Waals surface area contributed by atoms with Crippen LogP contribution in [-0.2, 0) is 4.79 Å². The lowest BCUT2D eigenvalue weighted by Crippen LogP contribution is -2.29. The van der Waals surface area contributed by atoms with Gasteiger partial charge in [-0.15, -0.1) is 0 Å². The summed E-state index contributed by atoms with van der Waals surface area (Å²) in [6.07, 6.45) is 1.67. The van der Waals surface area contributed by atoms with Crippen LogP contribution in [0.1, 0.15) is 13.0 Å². The molecule has 0 aliphatic rings. The number of para-hydroxylation sites is 2. The Bertz CT molecular complexity index is 1130. The van der Waals surface area contributed by atoms with Crippen molar-refractivity contribution in [3.63, 3.8) is 0 Å². The Morgan fingerprint density at radius 2 is 2.04 bits per heavy atom. The minimum atomic E-state index is -0.720. The van der Waals surface area contributed by atoms with Crippen molar-refractivity contribution in [3.8, 4) is 11.3 Å². The van der Waals surface area contributed by atoms with E-state index in [4.69, 9.17) is 4.42 Å². The van der Waals surface area contributed by atoms with Crippen molar-refractivity contribution < 1.29 is 9.21 Å². The summed E-state index contributed by atoms with van der Waals surface area (Å²) in [5, 5.41) is 9.66. The molecule has 0 saturated heterocycles. The molecule has 2 aromatic heterocycles. The van der Waals surface area contributed by atoms with Crippen LogP contribution in [0.3, 0.4) is 0 Å². The lowest BCUT2D eigenvalue weighted by atomic mass is 10.1. The highest BCUT2D eigenvalue weighted by Gasteiger charge is 2.21. The maximum absolute atomic E-state index is 12.7. The minimum absolute atomic E-state index is 0.305. The van der Waals surface area contributed by atoms with Crippen molar-refractivity contribution in [1.29, 1.82) is 0 Å². The summed E-state index contributed by atoms with van der Waals surface area (Å²) < 4.78 is 6.56. The second-order valence-electron chi connectivity index (χ2n) is 5.92. The molecule has 0 radical (unpaired) electrons. The molecule has 4 rings (SSSR count). The van der Waals surface area contributed by atoms with Gasteiger partial charge in [0.2, 0.25) is 5.91 Å². The number of rotatable bonds is 4. The number of nitrogens with zero attached hydrogens (tertiary/aromatic N) is 2. The van der Waals surface area contributed by atoms with E-state index < -0.39 is 11.8 Å². The summed E-state index contributed by atoms with van der Waals surface area (Å²) in [5.41, 5.74) is 3.43. The summed E-state index contributed by atoms with van der Waals surface area (Å²) in [6, 6.07) is 15.6. The maximum atomic E-state index is 12.7. The second-order valence-corrected chi connectivity index (χ2v) is 5.92. The summed E-state index contributed by atoms with van der Waals surface area (Å²) in [4.78, 5) is 24.8. The normalized spacial score (nSPS) is 12.2. The van der Waals surface area contributed by atoms with Gasteiger partial charge in [-0.05, 0) is 37.3 Å². The molecule has 2 N–H and O–H groups in total. The Morgan fingerprint density at radius 1 is 1.19 bits per heavy atom. The summed E-state index contributed by atoms with van der Waals surface area (Å²) >= 11 is 0. The van der Waals surface area contributed by atoms with E-state index in [1.54, 1.807) is 43.5 Å². The van der Waals surface area contributed by atoms with Crippen molar-refractivity contribution in [3.05, 3.63) is 71.3 Å². The number of anilines is 1. The van der Waals surface area contributed by atoms with E-state index >= 15 is 0 Å². The Hall–Kier alpha value is -3.61. The van der Waals surface area contributed by atoms with Gasteiger partial charge in [0.15, 0.2) is 5.58 Å². The predicted molar refractivity (Wildman–Crippen MR) is 97.8 cm³/mol. The molecule has 0 fully saturated rings. The number of H-pyrrole nitrogens is 1. The van der Waals surface area contributed by atoms with Gasteiger partial charge in [-0.1, -0.05) is 24.3 Å². The number of aromatic nitrogens is 3. The van der Waals surface area contributed by atoms with Crippen molar-refractivity contribution in [2.75, 3.05) is 5.32 Å². The van der Waals surface area contributed by atoms with Gasteiger partial charge in [0.25, 0.3) is 0 Å². The van der Waals surface area contributed by atoms with Crippen molar-refractivity contribution >= 4 is 22.7 Å². The van der Waals surface area contributed by atoms with Crippen LogP contribution in [0.15, 0.2) is 70.0 Å². The van der Waals surface area contributed by atoms with E-state index in [1.165, 1.54) is 4.57 Å². The zero-order valence-corrected chi connectivity index (χ0v) is 14.0. The van der Waals surface area contributed by atoms with Crippen LogP contribution in [-0.4, -0.2) is 20.7 Å². The van der Waals surface area contributed by atoms with Crippen LogP contribution in [0.25, 0.3) is 22.4 Å². The Kier molecular flexibility index (Phi) is 3.89. The summed E-state index contributed by atoms with van der Waals surface area (Å²) in [7, 11) is 0. The van der Waals surface area contributed by atoms with E-state index in [0.717, 1.165) is 11.3 Å². The molecule has 0 aliphatic carbocycles. The molecule has 0 unspecified atom stereocenters. The smallest absolute Gasteiger partial charge is 0.408 e. The first-order chi connectivity index (χ1) is 12.6. The molecule has 0 aliphatic heterocycles. The molecule has 1 atom stereocenters. The number of hydrogen-bond donors (Lipinski definition) is 2. The van der Waals surface area contributed by atoms with Crippen molar-refractivity contribution in [2.24, 2.45) is 0 Å². The fourth-order valence-corrected chi connectivity index (χ4v) is 2.90. The highest BCUT2D eigenvalue weighted by Crippen LogP contribution is 2.22. The monoisotopic (exact) mass is 348 g/mol. The standard InChI is InChI=1S/C19H16N4O3/c1-12(23-16-7-2-3-8-17(16)26-19(23)25)18(24)21-14-6-4-5-13(11-14)15-9-10-20-22-15/h2-12H,1H3,(H,20,22)(H,21,24)/t12-/m1/s1. The van der Waals surface area contributed by atoms with Crippen molar-refractivity contribution in [1.82, 2.24) is 14.8 Å². The average Bonchev–Trinajstić information content (AvgIpc) is 3.28. The third-order valence-corrected chi connectivity index (χ3v) is 4.23. The largest absolute Gasteiger partial charge is 0.420 e. The molecule has 2 heterocycles. The zero-order valence-electron chi connectivity index (χ0n) is 14.0. The molecule has 2 aromatic carbocycles. The average molecular weight is 348 g/mol. The molecule has 7 heteroatoms. The topological polar surface area (TPSA) is 92.9 Å². The van der Waals surface area contributed by atoms with Gasteiger partial charge in [0, 0.05) is 17.4 Å². The highest BCUT2D eigenvalue weighted by molar-refractivity contribution is 5.95. The lowest BCUT2D eigenvalue weighted by Gasteiger charge is -2.13. The van der Waals surface area contributed by atoms with Crippen LogP contribution in [0.5, 0.6) is 0 Å². The molecule has 0 spiro atoms. The lowest BCUT2D eigenvalue weighted by molar-refractivity contribution is -0.118. The van der Waals surface area contributed by atoms with Crippen LogP contribution in [0, 0.1) is 0 Å². The maximum Gasteiger partial charge on any atom is 0.420 e. The molecule has 4 aromatic rings. The predicted octanol–water partition coefficient (Wildman–Crippen LogP) is 3.18. The third kappa shape index (κ3) is 2.79. The quantitative estimate of drug-likeness (QED) is 0.592. The van der Waals surface area contributed by atoms with Gasteiger partial charge >= 0.3 is 5.76 Å². The number of carbonyl (C=O) groups excluding carboxylic acids is 1. The number of aromatic amines is 1. The molecular formula is C19H16N4O3. The Balaban J connectivity index is 1.61. The van der Waals surface area contributed by atoms with E-state index in [1.807, 2.05) is 24.3 Å². The number of fused-ring (bicyclic) bond motifs is 1. The van der Waals surface area contributed by atoms with Crippen LogP contribution >= 0.6 is 0 Å². The minimum Gasteiger partial charge on any atom is -0.408 e. The van der Waals surface area contributed by atoms with E-state index in [-0.39, 0.29) is 5.91 Å². The molecule has 26 heavy (non-hydrogen) atoms. The number of benzene rings is 2. The summed E-state index contributed by atoms with van der Waals surface area (Å²) in [6.45, 7) is 1.66. The van der Waals surface area contributed by atoms with Gasteiger partial charge in [-0.25, -0.2) is 4.79 Å². The first-order valence-electron chi connectivity index (χ1n) is 8.14. The first kappa shape index (κ1) is 15.9. The molecule has 0 bridgehead atoms. The van der Waals surface area contributed by atoms with Gasteiger partial charge < -0.3 is 9.73 Å². The van der Waals surface area contributed by atoms with Gasteiger partial charge in [0.05, 0.1) is 11.2 Å². The first-order valence-corrected chi connectivity index (χ1v) is 8.14. The summed E-state index contributed by atoms with van der Waals surface area (Å²) in [5.74, 6) is -0.861. The highest BCUT2D eigenvalue weighted by atomic mass is 16.4. The molecule has 1 amide bonds. The number of amides is 1. The third-order valence-electron chi connectivity index (χ3n) is 4.23. The SMILES string of the molecule is C[C@H](C(=O)Nc1cccc(-c2ccn[nH]2)c1)n1c(=O)oc2ccccc21. The van der Waals surface area contributed by atoms with E-state index in [2.05, 4.69) is 15.5 Å². The fraction of sp³-hybridized carbons (Fsp3) is 0.105. The van der Waals surface area contributed by atoms with E-state index in [9.17, 15) is 9.59 Å². The van der Waals surface area contributed by atoms with Gasteiger partial charge in [-0.3, -0.25) is 14.5 Å². The molecule has 130 valence electrons. The van der Waals surface area contributed by atoms with Crippen LogP contribution in [0.2, 0.25) is 0 Å². The van der Waals surface area contributed by atoms with E-state index in [0.29, 0.717) is 16.8 Å². The Labute approximate surface area is 148 Å². The number of oxazole rings is 1. The van der Waals surface area contributed by atoms with Crippen molar-refractivity contribution in [2.45, 2.75) is 13.0 Å². The number of nitrogens with one attached hydrogen (secondary N) is 2. The van der Waals surface area contributed by atoms with Gasteiger partial charge in [0.1, 0.15) is 6.04 Å². The van der Waals surface area contributed by atoms with Gasteiger partial charge in [-0.2, -0.15) is 5.10 Å².